The Morgan fingerprint density at radius 1 is 1.14 bits per heavy atom. The van der Waals surface area contributed by atoms with Crippen LogP contribution in [0.4, 0.5) is 10.5 Å². The third-order valence-electron chi connectivity index (χ3n) is 4.00. The smallest absolute Gasteiger partial charge is 0.329 e. The van der Waals surface area contributed by atoms with Crippen molar-refractivity contribution in [1.82, 2.24) is 5.32 Å². The summed E-state index contributed by atoms with van der Waals surface area (Å²) >= 11 is 0. The molecule has 21 heavy (non-hydrogen) atoms. The number of nitrogens with one attached hydrogen (secondary N) is 1. The van der Waals surface area contributed by atoms with Gasteiger partial charge in [-0.1, -0.05) is 19.3 Å². The number of nitrogens with zero attached hydrogens (tertiary/aromatic N) is 1. The second-order valence-electron chi connectivity index (χ2n) is 5.45. The summed E-state index contributed by atoms with van der Waals surface area (Å²) in [7, 11) is 1.57. The minimum absolute atomic E-state index is 0.113. The molecule has 6 heteroatoms. The number of carboxylic acid groups (broad SMARTS) is 1. The fourth-order valence-corrected chi connectivity index (χ4v) is 2.63. The molecule has 1 aromatic rings. The highest BCUT2D eigenvalue weighted by molar-refractivity contribution is 5.95. The second kappa shape index (κ2) is 6.03. The molecule has 0 bridgehead atoms. The average Bonchev–Trinajstić information content (AvgIpc) is 2.48. The van der Waals surface area contributed by atoms with Crippen LogP contribution in [0.2, 0.25) is 0 Å². The molecule has 0 saturated heterocycles. The van der Waals surface area contributed by atoms with Crippen LogP contribution in [-0.4, -0.2) is 34.8 Å². The van der Waals surface area contributed by atoms with E-state index in [2.05, 4.69) is 5.32 Å². The van der Waals surface area contributed by atoms with E-state index in [-0.39, 0.29) is 5.75 Å². The largest absolute Gasteiger partial charge is 0.508 e. The zero-order valence-corrected chi connectivity index (χ0v) is 12.0. The molecule has 6 nitrogen and oxygen atoms in total. The van der Waals surface area contributed by atoms with Crippen molar-refractivity contribution >= 4 is 17.7 Å². The number of benzene rings is 1. The maximum Gasteiger partial charge on any atom is 0.329 e. The number of hydrogen-bond donors (Lipinski definition) is 3. The SMILES string of the molecule is CN(C(=O)NC1(C(=O)O)CCCCC1)c1ccc(O)cc1. The van der Waals surface area contributed by atoms with Crippen LogP contribution in [0.5, 0.6) is 5.75 Å². The van der Waals surface area contributed by atoms with Crippen molar-refractivity contribution in [2.24, 2.45) is 0 Å². The molecule has 0 radical (unpaired) electrons. The minimum Gasteiger partial charge on any atom is -0.508 e. The fourth-order valence-electron chi connectivity index (χ4n) is 2.63. The van der Waals surface area contributed by atoms with Crippen molar-refractivity contribution in [3.05, 3.63) is 24.3 Å². The highest BCUT2D eigenvalue weighted by atomic mass is 16.4. The van der Waals surface area contributed by atoms with E-state index in [4.69, 9.17) is 0 Å². The van der Waals surface area contributed by atoms with Gasteiger partial charge < -0.3 is 15.5 Å². The predicted octanol–water partition coefficient (Wildman–Crippen LogP) is 2.33. The normalized spacial score (nSPS) is 17.0. The zero-order chi connectivity index (χ0) is 15.5. The van der Waals surface area contributed by atoms with Gasteiger partial charge in [0.25, 0.3) is 0 Å². The fraction of sp³-hybridized carbons (Fsp3) is 0.467. The van der Waals surface area contributed by atoms with Crippen LogP contribution in [0, 0.1) is 0 Å². The minimum atomic E-state index is -1.17. The van der Waals surface area contributed by atoms with Gasteiger partial charge in [0.05, 0.1) is 0 Å². The molecule has 1 fully saturated rings. The number of rotatable bonds is 3. The number of urea groups is 1. The summed E-state index contributed by atoms with van der Waals surface area (Å²) in [4.78, 5) is 25.2. The van der Waals surface area contributed by atoms with Crippen LogP contribution in [0.1, 0.15) is 32.1 Å². The maximum absolute atomic E-state index is 12.3. The van der Waals surface area contributed by atoms with Crippen LogP contribution >= 0.6 is 0 Å². The molecule has 3 N–H and O–H groups in total. The highest BCUT2D eigenvalue weighted by Gasteiger charge is 2.41. The van der Waals surface area contributed by atoms with Gasteiger partial charge in [-0.2, -0.15) is 0 Å². The first kappa shape index (κ1) is 15.2. The van der Waals surface area contributed by atoms with Crippen molar-refractivity contribution < 1.29 is 19.8 Å². The Kier molecular flexibility index (Phi) is 4.35. The molecule has 1 saturated carbocycles. The van der Waals surface area contributed by atoms with Crippen molar-refractivity contribution in [2.75, 3.05) is 11.9 Å². The lowest BCUT2D eigenvalue weighted by Gasteiger charge is -2.35. The Bertz CT molecular complexity index is 521. The van der Waals surface area contributed by atoms with Crippen molar-refractivity contribution in [3.63, 3.8) is 0 Å². The van der Waals surface area contributed by atoms with Gasteiger partial charge in [-0.25, -0.2) is 9.59 Å². The van der Waals surface area contributed by atoms with E-state index < -0.39 is 17.5 Å². The molecule has 1 aliphatic carbocycles. The summed E-state index contributed by atoms with van der Waals surface area (Å²) in [5.41, 5.74) is -0.581. The number of amides is 2. The van der Waals surface area contributed by atoms with Gasteiger partial charge in [-0.3, -0.25) is 4.90 Å². The quantitative estimate of drug-likeness (QED) is 0.797. The number of carbonyl (C=O) groups excluding carboxylic acids is 1. The summed E-state index contributed by atoms with van der Waals surface area (Å²) in [5, 5.41) is 21.4. The van der Waals surface area contributed by atoms with Crippen LogP contribution in [0.25, 0.3) is 0 Å². The van der Waals surface area contributed by atoms with E-state index in [1.807, 2.05) is 0 Å². The molecule has 0 heterocycles. The van der Waals surface area contributed by atoms with E-state index in [0.717, 1.165) is 19.3 Å². The van der Waals surface area contributed by atoms with Gasteiger partial charge in [0.2, 0.25) is 0 Å². The number of aromatic hydroxyl groups is 1. The Labute approximate surface area is 123 Å². The summed E-state index contributed by atoms with van der Waals surface area (Å²) in [5.74, 6) is -0.864. The molecule has 0 atom stereocenters. The number of anilines is 1. The molecule has 2 amide bonds. The van der Waals surface area contributed by atoms with Crippen LogP contribution in [0.3, 0.4) is 0 Å². The predicted molar refractivity (Wildman–Crippen MR) is 78.5 cm³/mol. The first-order valence-electron chi connectivity index (χ1n) is 7.03. The first-order chi connectivity index (χ1) is 9.94. The second-order valence-corrected chi connectivity index (χ2v) is 5.45. The van der Waals surface area contributed by atoms with E-state index in [0.29, 0.717) is 18.5 Å². The Morgan fingerprint density at radius 2 is 1.71 bits per heavy atom. The van der Waals surface area contributed by atoms with Crippen LogP contribution in [0.15, 0.2) is 24.3 Å². The Hall–Kier alpha value is -2.24. The third-order valence-corrected chi connectivity index (χ3v) is 4.00. The average molecular weight is 292 g/mol. The third kappa shape index (κ3) is 3.26. The summed E-state index contributed by atoms with van der Waals surface area (Å²) in [6.07, 6.45) is 3.51. The van der Waals surface area contributed by atoms with Gasteiger partial charge >= 0.3 is 12.0 Å². The van der Waals surface area contributed by atoms with Gasteiger partial charge in [-0.15, -0.1) is 0 Å². The lowest BCUT2D eigenvalue weighted by molar-refractivity contribution is -0.145. The van der Waals surface area contributed by atoms with Crippen LogP contribution in [-0.2, 0) is 4.79 Å². The van der Waals surface area contributed by atoms with Gasteiger partial charge in [0.1, 0.15) is 11.3 Å². The number of phenolic OH excluding ortho intramolecular Hbond substituents is 1. The summed E-state index contributed by atoms with van der Waals surface area (Å²) in [6.45, 7) is 0. The van der Waals surface area contributed by atoms with E-state index in [9.17, 15) is 19.8 Å². The molecule has 0 aromatic heterocycles. The molecule has 0 spiro atoms. The maximum atomic E-state index is 12.3. The molecular formula is C15H20N2O4. The molecule has 0 aliphatic heterocycles. The zero-order valence-electron chi connectivity index (χ0n) is 12.0. The van der Waals surface area contributed by atoms with Crippen molar-refractivity contribution in [1.29, 1.82) is 0 Å². The monoisotopic (exact) mass is 292 g/mol. The molecule has 0 unspecified atom stereocenters. The summed E-state index contributed by atoms with van der Waals surface area (Å²) < 4.78 is 0. The highest BCUT2D eigenvalue weighted by Crippen LogP contribution is 2.29. The van der Waals surface area contributed by atoms with Gasteiger partial charge in [-0.05, 0) is 37.1 Å². The van der Waals surface area contributed by atoms with Gasteiger partial charge in [0, 0.05) is 12.7 Å². The molecule has 114 valence electrons. The standard InChI is InChI=1S/C15H20N2O4/c1-17(11-5-7-12(18)8-6-11)14(21)16-15(13(19)20)9-3-2-4-10-15/h5-8,18H,2-4,9-10H2,1H3,(H,16,21)(H,19,20). The van der Waals surface area contributed by atoms with Gasteiger partial charge in [0.15, 0.2) is 0 Å². The molecule has 1 aliphatic rings. The van der Waals surface area contributed by atoms with E-state index in [1.54, 1.807) is 19.2 Å². The Morgan fingerprint density at radius 3 is 2.24 bits per heavy atom. The van der Waals surface area contributed by atoms with E-state index in [1.165, 1.54) is 17.0 Å². The number of aliphatic carboxylic acids is 1. The number of carbonyl (C=O) groups is 2. The van der Waals surface area contributed by atoms with Crippen molar-refractivity contribution in [2.45, 2.75) is 37.6 Å². The number of carboxylic acids is 1. The Balaban J connectivity index is 2.11. The molecule has 2 rings (SSSR count). The lowest BCUT2D eigenvalue weighted by Crippen LogP contribution is -2.58. The van der Waals surface area contributed by atoms with Crippen molar-refractivity contribution in [3.8, 4) is 5.75 Å². The van der Waals surface area contributed by atoms with E-state index >= 15 is 0 Å². The summed E-state index contributed by atoms with van der Waals surface area (Å²) in [6, 6.07) is 5.70. The number of phenols is 1. The first-order valence-corrected chi connectivity index (χ1v) is 7.03. The topological polar surface area (TPSA) is 89.9 Å². The molecular weight excluding hydrogens is 272 g/mol. The number of hydrogen-bond acceptors (Lipinski definition) is 3. The van der Waals surface area contributed by atoms with Crippen LogP contribution < -0.4 is 10.2 Å². The lowest BCUT2D eigenvalue weighted by atomic mass is 9.82. The molecule has 1 aromatic carbocycles.